The van der Waals surface area contributed by atoms with Crippen molar-refractivity contribution in [1.82, 2.24) is 0 Å². The average Bonchev–Trinajstić information content (AvgIpc) is 2.47. The summed E-state index contributed by atoms with van der Waals surface area (Å²) < 4.78 is 37.3. The van der Waals surface area contributed by atoms with Crippen LogP contribution >= 0.6 is 0 Å². The maximum atomic E-state index is 12.4. The van der Waals surface area contributed by atoms with Gasteiger partial charge in [-0.15, -0.1) is 0 Å². The molecule has 5 nitrogen and oxygen atoms in total. The first-order chi connectivity index (χ1) is 10.8. The van der Waals surface area contributed by atoms with E-state index in [0.29, 0.717) is 0 Å². The zero-order valence-electron chi connectivity index (χ0n) is 11.6. The van der Waals surface area contributed by atoms with Crippen LogP contribution in [0.5, 0.6) is 0 Å². The molecule has 2 rings (SSSR count). The summed E-state index contributed by atoms with van der Waals surface area (Å²) in [5, 5.41) is 4.78. The summed E-state index contributed by atoms with van der Waals surface area (Å²) >= 11 is 0. The summed E-state index contributed by atoms with van der Waals surface area (Å²) in [6, 6.07) is 9.35. The van der Waals surface area contributed by atoms with Crippen molar-refractivity contribution >= 4 is 23.3 Å². The second kappa shape index (κ2) is 6.39. The third-order valence-electron chi connectivity index (χ3n) is 2.91. The Balaban J connectivity index is 2.07. The van der Waals surface area contributed by atoms with E-state index in [1.54, 1.807) is 12.1 Å². The summed E-state index contributed by atoms with van der Waals surface area (Å²) in [5.74, 6) is -0.713. The second-order valence-corrected chi connectivity index (χ2v) is 4.56. The van der Waals surface area contributed by atoms with Crippen LogP contribution in [0.15, 0.2) is 48.5 Å². The number of carbonyl (C=O) groups excluding carboxylic acids is 2. The summed E-state index contributed by atoms with van der Waals surface area (Å²) in [7, 11) is 0. The molecule has 0 aliphatic rings. The van der Waals surface area contributed by atoms with Crippen LogP contribution in [0, 0.1) is 0 Å². The lowest BCUT2D eigenvalue weighted by Crippen LogP contribution is -2.22. The lowest BCUT2D eigenvalue weighted by Gasteiger charge is -2.11. The Labute approximate surface area is 129 Å². The van der Waals surface area contributed by atoms with Crippen molar-refractivity contribution in [3.8, 4) is 0 Å². The minimum absolute atomic E-state index is 0.120. The van der Waals surface area contributed by atoms with Crippen LogP contribution in [0.4, 0.5) is 29.3 Å². The van der Waals surface area contributed by atoms with Gasteiger partial charge in [-0.25, -0.2) is 4.79 Å². The van der Waals surface area contributed by atoms with Crippen LogP contribution in [0.2, 0.25) is 0 Å². The monoisotopic (exact) mass is 323 g/mol. The third kappa shape index (κ3) is 4.22. The molecule has 0 bridgehead atoms. The van der Waals surface area contributed by atoms with Gasteiger partial charge in [0.05, 0.1) is 16.8 Å². The smallest absolute Gasteiger partial charge is 0.366 e. The highest BCUT2D eigenvalue weighted by atomic mass is 19.4. The van der Waals surface area contributed by atoms with Crippen molar-refractivity contribution < 1.29 is 22.8 Å². The number of benzene rings is 2. The molecule has 0 saturated heterocycles. The number of rotatable bonds is 3. The molecule has 4 N–H and O–H groups in total. The molecule has 0 aromatic heterocycles. The second-order valence-electron chi connectivity index (χ2n) is 4.56. The highest BCUT2D eigenvalue weighted by molar-refractivity contribution is 6.06. The fraction of sp³-hybridized carbons (Fsp3) is 0.0667. The van der Waals surface area contributed by atoms with Crippen LogP contribution in [-0.4, -0.2) is 11.9 Å². The maximum Gasteiger partial charge on any atom is 0.416 e. The normalized spacial score (nSPS) is 10.9. The molecule has 120 valence electrons. The van der Waals surface area contributed by atoms with E-state index in [0.717, 1.165) is 24.3 Å². The standard InChI is InChI=1S/C15H12F3N3O2/c16-15(17,18)9-5-7-10(8-6-9)20-14(23)21-12-4-2-1-3-11(12)13(19)22/h1-8H,(H2,19,22)(H2,20,21,23). The molecule has 0 radical (unpaired) electrons. The SMILES string of the molecule is NC(=O)c1ccccc1NC(=O)Nc1ccc(C(F)(F)F)cc1. The lowest BCUT2D eigenvalue weighted by atomic mass is 10.1. The van der Waals surface area contributed by atoms with E-state index in [1.165, 1.54) is 12.1 Å². The van der Waals surface area contributed by atoms with E-state index in [-0.39, 0.29) is 16.9 Å². The molecule has 0 fully saturated rings. The quantitative estimate of drug-likeness (QED) is 0.808. The molecule has 0 spiro atoms. The molecular formula is C15H12F3N3O2. The van der Waals surface area contributed by atoms with E-state index in [4.69, 9.17) is 5.73 Å². The summed E-state index contributed by atoms with van der Waals surface area (Å²) in [6.07, 6.45) is -4.44. The topological polar surface area (TPSA) is 84.2 Å². The van der Waals surface area contributed by atoms with Crippen molar-refractivity contribution in [3.05, 3.63) is 59.7 Å². The first-order valence-corrected chi connectivity index (χ1v) is 6.41. The third-order valence-corrected chi connectivity index (χ3v) is 2.91. The Bertz CT molecular complexity index is 727. The zero-order valence-corrected chi connectivity index (χ0v) is 11.6. The molecule has 0 unspecified atom stereocenters. The molecule has 2 aromatic rings. The van der Waals surface area contributed by atoms with Gasteiger partial charge in [0, 0.05) is 5.69 Å². The van der Waals surface area contributed by atoms with Crippen LogP contribution in [0.1, 0.15) is 15.9 Å². The largest absolute Gasteiger partial charge is 0.416 e. The van der Waals surface area contributed by atoms with E-state index >= 15 is 0 Å². The molecule has 2 aromatic carbocycles. The summed E-state index contributed by atoms with van der Waals surface area (Å²) in [5.41, 5.74) is 4.86. The Morgan fingerprint density at radius 1 is 0.913 bits per heavy atom. The zero-order chi connectivity index (χ0) is 17.0. The predicted octanol–water partition coefficient (Wildman–Crippen LogP) is 3.45. The lowest BCUT2D eigenvalue weighted by molar-refractivity contribution is -0.137. The van der Waals surface area contributed by atoms with Gasteiger partial charge in [0.25, 0.3) is 5.91 Å². The van der Waals surface area contributed by atoms with E-state index in [9.17, 15) is 22.8 Å². The highest BCUT2D eigenvalue weighted by Crippen LogP contribution is 2.29. The molecule has 0 atom stereocenters. The van der Waals surface area contributed by atoms with Gasteiger partial charge in [-0.3, -0.25) is 4.79 Å². The summed E-state index contributed by atoms with van der Waals surface area (Å²) in [4.78, 5) is 23.1. The number of hydrogen-bond donors (Lipinski definition) is 3. The van der Waals surface area contributed by atoms with Crippen molar-refractivity contribution in [2.24, 2.45) is 5.73 Å². The van der Waals surface area contributed by atoms with Crippen LogP contribution in [-0.2, 0) is 6.18 Å². The number of alkyl halides is 3. The minimum Gasteiger partial charge on any atom is -0.366 e. The molecular weight excluding hydrogens is 311 g/mol. The fourth-order valence-corrected chi connectivity index (χ4v) is 1.83. The Morgan fingerprint density at radius 2 is 1.52 bits per heavy atom. The van der Waals surface area contributed by atoms with Crippen molar-refractivity contribution in [2.75, 3.05) is 10.6 Å². The number of nitrogens with two attached hydrogens (primary N) is 1. The van der Waals surface area contributed by atoms with E-state index < -0.39 is 23.7 Å². The fourth-order valence-electron chi connectivity index (χ4n) is 1.83. The van der Waals surface area contributed by atoms with Gasteiger partial charge < -0.3 is 16.4 Å². The molecule has 0 aliphatic heterocycles. The average molecular weight is 323 g/mol. The number of para-hydroxylation sites is 1. The number of hydrogen-bond acceptors (Lipinski definition) is 2. The number of anilines is 2. The Morgan fingerprint density at radius 3 is 2.09 bits per heavy atom. The number of primary amides is 1. The van der Waals surface area contributed by atoms with Gasteiger partial charge in [0.1, 0.15) is 0 Å². The van der Waals surface area contributed by atoms with Gasteiger partial charge in [-0.05, 0) is 36.4 Å². The first kappa shape index (κ1) is 16.3. The van der Waals surface area contributed by atoms with Crippen molar-refractivity contribution in [1.29, 1.82) is 0 Å². The van der Waals surface area contributed by atoms with Crippen LogP contribution in [0.25, 0.3) is 0 Å². The molecule has 3 amide bonds. The molecule has 0 aliphatic carbocycles. The van der Waals surface area contributed by atoms with Crippen molar-refractivity contribution in [3.63, 3.8) is 0 Å². The molecule has 8 heteroatoms. The number of nitrogens with one attached hydrogen (secondary N) is 2. The van der Waals surface area contributed by atoms with Gasteiger partial charge in [-0.1, -0.05) is 12.1 Å². The Hall–Kier alpha value is -3.03. The minimum atomic E-state index is -4.44. The van der Waals surface area contributed by atoms with E-state index in [1.807, 2.05) is 0 Å². The summed E-state index contributed by atoms with van der Waals surface area (Å²) in [6.45, 7) is 0. The van der Waals surface area contributed by atoms with Gasteiger partial charge in [0.2, 0.25) is 0 Å². The number of carbonyl (C=O) groups is 2. The first-order valence-electron chi connectivity index (χ1n) is 6.41. The highest BCUT2D eigenvalue weighted by Gasteiger charge is 2.29. The molecule has 23 heavy (non-hydrogen) atoms. The van der Waals surface area contributed by atoms with Gasteiger partial charge in [-0.2, -0.15) is 13.2 Å². The molecule has 0 heterocycles. The maximum absolute atomic E-state index is 12.4. The van der Waals surface area contributed by atoms with Crippen LogP contribution in [0.3, 0.4) is 0 Å². The van der Waals surface area contributed by atoms with Gasteiger partial charge in [0.15, 0.2) is 0 Å². The Kier molecular flexibility index (Phi) is 4.54. The number of amides is 3. The number of urea groups is 1. The van der Waals surface area contributed by atoms with Gasteiger partial charge >= 0.3 is 12.2 Å². The van der Waals surface area contributed by atoms with E-state index in [2.05, 4.69) is 10.6 Å². The number of halogens is 3. The van der Waals surface area contributed by atoms with Crippen LogP contribution < -0.4 is 16.4 Å². The van der Waals surface area contributed by atoms with Crippen molar-refractivity contribution in [2.45, 2.75) is 6.18 Å². The predicted molar refractivity (Wildman–Crippen MR) is 79.0 cm³/mol. The molecule has 0 saturated carbocycles.